The van der Waals surface area contributed by atoms with Gasteiger partial charge in [-0.05, 0) is 37.1 Å². The molecule has 8 heteroatoms. The zero-order valence-corrected chi connectivity index (χ0v) is 14.4. The van der Waals surface area contributed by atoms with Crippen LogP contribution in [0.4, 0.5) is 9.18 Å². The SMILES string of the molecule is CCN(CC(=O)O)C1CC(NC(=O)NCc2cc(F)cc(OC)c2)C1. The maximum Gasteiger partial charge on any atom is 0.317 e. The number of benzene rings is 1. The lowest BCUT2D eigenvalue weighted by Gasteiger charge is -2.42. The molecule has 1 aliphatic carbocycles. The monoisotopic (exact) mass is 353 g/mol. The lowest BCUT2D eigenvalue weighted by Crippen LogP contribution is -2.56. The Balaban J connectivity index is 1.73. The van der Waals surface area contributed by atoms with Gasteiger partial charge in [0.05, 0.1) is 13.7 Å². The van der Waals surface area contributed by atoms with Crippen molar-refractivity contribution in [2.45, 2.75) is 38.4 Å². The molecule has 1 aromatic rings. The number of amides is 2. The van der Waals surface area contributed by atoms with Crippen molar-refractivity contribution in [1.82, 2.24) is 15.5 Å². The summed E-state index contributed by atoms with van der Waals surface area (Å²) in [4.78, 5) is 24.6. The van der Waals surface area contributed by atoms with Gasteiger partial charge in [-0.3, -0.25) is 9.69 Å². The predicted molar refractivity (Wildman–Crippen MR) is 90.0 cm³/mol. The van der Waals surface area contributed by atoms with Crippen LogP contribution in [-0.4, -0.2) is 54.3 Å². The second kappa shape index (κ2) is 8.66. The number of hydrogen-bond acceptors (Lipinski definition) is 4. The Morgan fingerprint density at radius 2 is 2.08 bits per heavy atom. The first kappa shape index (κ1) is 19.0. The molecule has 0 aliphatic heterocycles. The summed E-state index contributed by atoms with van der Waals surface area (Å²) in [5, 5.41) is 14.4. The van der Waals surface area contributed by atoms with Crippen LogP contribution in [0.25, 0.3) is 0 Å². The largest absolute Gasteiger partial charge is 0.497 e. The van der Waals surface area contributed by atoms with Gasteiger partial charge in [-0.1, -0.05) is 6.92 Å². The van der Waals surface area contributed by atoms with Gasteiger partial charge in [-0.15, -0.1) is 0 Å². The number of halogens is 1. The fraction of sp³-hybridized carbons (Fsp3) is 0.529. The van der Waals surface area contributed by atoms with Gasteiger partial charge in [-0.2, -0.15) is 0 Å². The van der Waals surface area contributed by atoms with E-state index in [-0.39, 0.29) is 31.2 Å². The first-order valence-electron chi connectivity index (χ1n) is 8.25. The van der Waals surface area contributed by atoms with Crippen molar-refractivity contribution < 1.29 is 23.8 Å². The van der Waals surface area contributed by atoms with E-state index in [1.165, 1.54) is 19.2 Å². The Morgan fingerprint density at radius 3 is 2.68 bits per heavy atom. The average molecular weight is 353 g/mol. The summed E-state index contributed by atoms with van der Waals surface area (Å²) < 4.78 is 18.4. The predicted octanol–water partition coefficient (Wildman–Crippen LogP) is 1.57. The molecule has 1 aliphatic rings. The van der Waals surface area contributed by atoms with Gasteiger partial charge in [0, 0.05) is 24.7 Å². The van der Waals surface area contributed by atoms with Crippen LogP contribution in [-0.2, 0) is 11.3 Å². The molecule has 0 unspecified atom stereocenters. The Bertz CT molecular complexity index is 620. The summed E-state index contributed by atoms with van der Waals surface area (Å²) >= 11 is 0. The highest BCUT2D eigenvalue weighted by Gasteiger charge is 2.34. The quantitative estimate of drug-likeness (QED) is 0.660. The highest BCUT2D eigenvalue weighted by molar-refractivity contribution is 5.74. The minimum atomic E-state index is -0.846. The maximum absolute atomic E-state index is 13.4. The fourth-order valence-electron chi connectivity index (χ4n) is 2.94. The smallest absolute Gasteiger partial charge is 0.317 e. The van der Waals surface area contributed by atoms with Crippen molar-refractivity contribution in [2.75, 3.05) is 20.2 Å². The summed E-state index contributed by atoms with van der Waals surface area (Å²) in [5.41, 5.74) is 0.608. The number of likely N-dealkylation sites (N-methyl/N-ethyl adjacent to an activating group) is 1. The average Bonchev–Trinajstić information content (AvgIpc) is 2.53. The number of rotatable bonds is 8. The van der Waals surface area contributed by atoms with Crippen LogP contribution in [0.3, 0.4) is 0 Å². The summed E-state index contributed by atoms with van der Waals surface area (Å²) in [5.74, 6) is -0.866. The molecular weight excluding hydrogens is 329 g/mol. The first-order valence-corrected chi connectivity index (χ1v) is 8.25. The molecule has 0 bridgehead atoms. The van der Waals surface area contributed by atoms with Gasteiger partial charge >= 0.3 is 12.0 Å². The third kappa shape index (κ3) is 5.60. The molecule has 0 heterocycles. The van der Waals surface area contributed by atoms with E-state index in [9.17, 15) is 14.0 Å². The number of carboxylic acid groups (broad SMARTS) is 1. The number of hydrogen-bond donors (Lipinski definition) is 3. The van der Waals surface area contributed by atoms with Crippen molar-refractivity contribution in [3.05, 3.63) is 29.6 Å². The summed E-state index contributed by atoms with van der Waals surface area (Å²) in [6.07, 6.45) is 1.45. The third-order valence-electron chi connectivity index (χ3n) is 4.33. The van der Waals surface area contributed by atoms with E-state index < -0.39 is 11.8 Å². The second-order valence-electron chi connectivity index (χ2n) is 6.11. The van der Waals surface area contributed by atoms with Crippen molar-refractivity contribution >= 4 is 12.0 Å². The van der Waals surface area contributed by atoms with Gasteiger partial charge in [-0.25, -0.2) is 9.18 Å². The Kier molecular flexibility index (Phi) is 6.58. The van der Waals surface area contributed by atoms with E-state index in [2.05, 4.69) is 10.6 Å². The normalized spacial score (nSPS) is 19.2. The van der Waals surface area contributed by atoms with Crippen LogP contribution >= 0.6 is 0 Å². The molecule has 3 N–H and O–H groups in total. The topological polar surface area (TPSA) is 90.9 Å². The molecule has 2 rings (SSSR count). The third-order valence-corrected chi connectivity index (χ3v) is 4.33. The molecule has 1 saturated carbocycles. The van der Waals surface area contributed by atoms with Crippen molar-refractivity contribution in [3.63, 3.8) is 0 Å². The number of ether oxygens (including phenoxy) is 1. The highest BCUT2D eigenvalue weighted by Crippen LogP contribution is 2.25. The molecule has 0 aromatic heterocycles. The van der Waals surface area contributed by atoms with E-state index in [1.54, 1.807) is 6.07 Å². The van der Waals surface area contributed by atoms with Gasteiger partial charge in [0.15, 0.2) is 0 Å². The number of methoxy groups -OCH3 is 1. The Labute approximate surface area is 146 Å². The minimum Gasteiger partial charge on any atom is -0.497 e. The van der Waals surface area contributed by atoms with Crippen LogP contribution in [0, 0.1) is 5.82 Å². The van der Waals surface area contributed by atoms with Gasteiger partial charge in [0.1, 0.15) is 11.6 Å². The number of carbonyl (C=O) groups is 2. The van der Waals surface area contributed by atoms with Gasteiger partial charge < -0.3 is 20.5 Å². The van der Waals surface area contributed by atoms with Gasteiger partial charge in [0.2, 0.25) is 0 Å². The number of nitrogens with zero attached hydrogens (tertiary/aromatic N) is 1. The molecule has 138 valence electrons. The van der Waals surface area contributed by atoms with Crippen LogP contribution in [0.2, 0.25) is 0 Å². The Hall–Kier alpha value is -2.35. The summed E-state index contributed by atoms with van der Waals surface area (Å²) in [7, 11) is 1.45. The van der Waals surface area contributed by atoms with Crippen LogP contribution < -0.4 is 15.4 Å². The molecule has 25 heavy (non-hydrogen) atoms. The number of nitrogens with one attached hydrogen (secondary N) is 2. The lowest BCUT2D eigenvalue weighted by atomic mass is 9.85. The van der Waals surface area contributed by atoms with Crippen molar-refractivity contribution in [1.29, 1.82) is 0 Å². The number of urea groups is 1. The van der Waals surface area contributed by atoms with E-state index in [0.717, 1.165) is 12.8 Å². The molecule has 0 radical (unpaired) electrons. The zero-order valence-electron chi connectivity index (χ0n) is 14.4. The minimum absolute atomic E-state index is 0.0154. The van der Waals surface area contributed by atoms with Crippen molar-refractivity contribution in [3.8, 4) is 5.75 Å². The van der Waals surface area contributed by atoms with Gasteiger partial charge in [0.25, 0.3) is 0 Å². The fourth-order valence-corrected chi connectivity index (χ4v) is 2.94. The molecule has 1 fully saturated rings. The Morgan fingerprint density at radius 1 is 1.36 bits per heavy atom. The van der Waals surface area contributed by atoms with Crippen molar-refractivity contribution in [2.24, 2.45) is 0 Å². The standard InChI is InChI=1S/C17H24FN3O4/c1-3-21(10-16(22)23)14-7-13(8-14)20-17(24)19-9-11-4-12(18)6-15(5-11)25-2/h4-6,13-14H,3,7-10H2,1-2H3,(H,22,23)(H2,19,20,24). The molecule has 0 spiro atoms. The molecule has 0 saturated heterocycles. The second-order valence-corrected chi connectivity index (χ2v) is 6.11. The molecule has 0 atom stereocenters. The molecule has 2 amide bonds. The van der Waals surface area contributed by atoms with E-state index in [0.29, 0.717) is 17.9 Å². The maximum atomic E-state index is 13.4. The van der Waals surface area contributed by atoms with Crippen LogP contribution in [0.15, 0.2) is 18.2 Å². The van der Waals surface area contributed by atoms with E-state index >= 15 is 0 Å². The number of carbonyl (C=O) groups excluding carboxylic acids is 1. The summed E-state index contributed by atoms with van der Waals surface area (Å²) in [6.45, 7) is 2.79. The zero-order chi connectivity index (χ0) is 18.4. The molecule has 1 aromatic carbocycles. The lowest BCUT2D eigenvalue weighted by molar-refractivity contribution is -0.139. The number of carboxylic acids is 1. The highest BCUT2D eigenvalue weighted by atomic mass is 19.1. The summed E-state index contributed by atoms with van der Waals surface area (Å²) in [6, 6.07) is 4.15. The number of aliphatic carboxylic acids is 1. The van der Waals surface area contributed by atoms with E-state index in [1.807, 2.05) is 11.8 Å². The van der Waals surface area contributed by atoms with Crippen LogP contribution in [0.5, 0.6) is 5.75 Å². The molecular formula is C17H24FN3O4. The first-order chi connectivity index (χ1) is 11.9. The molecule has 7 nitrogen and oxygen atoms in total. The van der Waals surface area contributed by atoms with E-state index in [4.69, 9.17) is 9.84 Å². The van der Waals surface area contributed by atoms with Crippen LogP contribution in [0.1, 0.15) is 25.3 Å².